The SMILES string of the molecule is CCCCCCc1cc(Br)cc2cc(C(=O)NC3CCCCC3)c(=O)oc12. The monoisotopic (exact) mass is 433 g/mol. The lowest BCUT2D eigenvalue weighted by atomic mass is 9.95. The van der Waals surface area contributed by atoms with Crippen molar-refractivity contribution >= 4 is 32.8 Å². The Labute approximate surface area is 168 Å². The zero-order valence-corrected chi connectivity index (χ0v) is 17.6. The number of carbonyl (C=O) groups excluding carboxylic acids is 1. The molecule has 0 bridgehead atoms. The third kappa shape index (κ3) is 5.22. The molecule has 1 fully saturated rings. The molecule has 1 heterocycles. The van der Waals surface area contributed by atoms with Crippen LogP contribution in [0.5, 0.6) is 0 Å². The van der Waals surface area contributed by atoms with Gasteiger partial charge in [0.2, 0.25) is 0 Å². The predicted octanol–water partition coefficient (Wildman–Crippen LogP) is 5.74. The van der Waals surface area contributed by atoms with Crippen molar-refractivity contribution in [3.8, 4) is 0 Å². The number of aryl methyl sites for hydroxylation is 1. The van der Waals surface area contributed by atoms with Gasteiger partial charge in [0.15, 0.2) is 0 Å². The second kappa shape index (κ2) is 9.54. The molecule has 27 heavy (non-hydrogen) atoms. The smallest absolute Gasteiger partial charge is 0.349 e. The first-order chi connectivity index (χ1) is 13.1. The van der Waals surface area contributed by atoms with Gasteiger partial charge in [-0.1, -0.05) is 61.4 Å². The Kier molecular flexibility index (Phi) is 7.11. The molecule has 1 amide bonds. The lowest BCUT2D eigenvalue weighted by Gasteiger charge is -2.22. The molecule has 3 rings (SSSR count). The summed E-state index contributed by atoms with van der Waals surface area (Å²) in [4.78, 5) is 25.1. The number of rotatable bonds is 7. The standard InChI is InChI=1S/C22H28BrNO3/c1-2-3-4-6-9-15-12-17(23)13-16-14-19(22(26)27-20(15)16)21(25)24-18-10-7-5-8-11-18/h12-14,18H,2-11H2,1H3,(H,24,25). The van der Waals surface area contributed by atoms with Crippen LogP contribution in [-0.2, 0) is 6.42 Å². The first-order valence-electron chi connectivity index (χ1n) is 10.2. The van der Waals surface area contributed by atoms with Crippen LogP contribution < -0.4 is 10.9 Å². The predicted molar refractivity (Wildman–Crippen MR) is 112 cm³/mol. The highest BCUT2D eigenvalue weighted by atomic mass is 79.9. The first-order valence-corrected chi connectivity index (χ1v) is 10.9. The van der Waals surface area contributed by atoms with Crippen molar-refractivity contribution in [1.82, 2.24) is 5.32 Å². The summed E-state index contributed by atoms with van der Waals surface area (Å²) in [7, 11) is 0. The van der Waals surface area contributed by atoms with Crippen molar-refractivity contribution in [3.05, 3.63) is 44.2 Å². The molecule has 146 valence electrons. The Morgan fingerprint density at radius 2 is 1.93 bits per heavy atom. The normalized spacial score (nSPS) is 15.2. The summed E-state index contributed by atoms with van der Waals surface area (Å²) >= 11 is 3.55. The highest BCUT2D eigenvalue weighted by Crippen LogP contribution is 2.26. The van der Waals surface area contributed by atoms with Crippen molar-refractivity contribution in [2.45, 2.75) is 77.2 Å². The molecule has 1 aromatic carbocycles. The summed E-state index contributed by atoms with van der Waals surface area (Å²) in [6, 6.07) is 5.77. The number of hydrogen-bond donors (Lipinski definition) is 1. The van der Waals surface area contributed by atoms with E-state index in [1.165, 1.54) is 19.3 Å². The zero-order valence-electron chi connectivity index (χ0n) is 16.0. The van der Waals surface area contributed by atoms with Gasteiger partial charge in [-0.25, -0.2) is 4.79 Å². The number of amides is 1. The molecule has 0 unspecified atom stereocenters. The maximum atomic E-state index is 12.6. The van der Waals surface area contributed by atoms with Gasteiger partial charge in [0, 0.05) is 15.9 Å². The van der Waals surface area contributed by atoms with Gasteiger partial charge in [-0.15, -0.1) is 0 Å². The van der Waals surface area contributed by atoms with Gasteiger partial charge in [0.1, 0.15) is 11.1 Å². The molecule has 1 saturated carbocycles. The third-order valence-electron chi connectivity index (χ3n) is 5.36. The number of nitrogens with one attached hydrogen (secondary N) is 1. The molecule has 4 nitrogen and oxygen atoms in total. The number of unbranched alkanes of at least 4 members (excludes halogenated alkanes) is 3. The highest BCUT2D eigenvalue weighted by molar-refractivity contribution is 9.10. The van der Waals surface area contributed by atoms with Gasteiger partial charge in [0.05, 0.1) is 0 Å². The van der Waals surface area contributed by atoms with Crippen molar-refractivity contribution in [2.24, 2.45) is 0 Å². The van der Waals surface area contributed by atoms with Gasteiger partial charge in [-0.05, 0) is 49.4 Å². The lowest BCUT2D eigenvalue weighted by Crippen LogP contribution is -2.38. The Hall–Kier alpha value is -1.62. The van der Waals surface area contributed by atoms with Gasteiger partial charge in [-0.2, -0.15) is 0 Å². The number of carbonyl (C=O) groups is 1. The molecule has 1 aliphatic carbocycles. The summed E-state index contributed by atoms with van der Waals surface area (Å²) in [6.07, 6.45) is 10.9. The fourth-order valence-corrected chi connectivity index (χ4v) is 4.39. The average molecular weight is 434 g/mol. The van der Waals surface area contributed by atoms with Crippen LogP contribution in [0.1, 0.15) is 80.6 Å². The molecular formula is C22H28BrNO3. The fourth-order valence-electron chi connectivity index (χ4n) is 3.86. The van der Waals surface area contributed by atoms with E-state index >= 15 is 0 Å². The van der Waals surface area contributed by atoms with E-state index < -0.39 is 5.63 Å². The van der Waals surface area contributed by atoms with Crippen LogP contribution in [-0.4, -0.2) is 11.9 Å². The molecule has 0 aliphatic heterocycles. The number of hydrogen-bond acceptors (Lipinski definition) is 3. The van der Waals surface area contributed by atoms with Crippen LogP contribution in [0, 0.1) is 0 Å². The van der Waals surface area contributed by atoms with E-state index in [0.717, 1.165) is 60.4 Å². The van der Waals surface area contributed by atoms with Crippen molar-refractivity contribution in [2.75, 3.05) is 0 Å². The van der Waals surface area contributed by atoms with E-state index in [0.29, 0.717) is 5.58 Å². The second-order valence-corrected chi connectivity index (χ2v) is 8.47. The Balaban J connectivity index is 1.84. The number of halogens is 1. The van der Waals surface area contributed by atoms with Gasteiger partial charge in [-0.3, -0.25) is 4.79 Å². The Morgan fingerprint density at radius 1 is 1.15 bits per heavy atom. The van der Waals surface area contributed by atoms with Crippen molar-refractivity contribution in [3.63, 3.8) is 0 Å². The summed E-state index contributed by atoms with van der Waals surface area (Å²) in [5.74, 6) is -0.318. The van der Waals surface area contributed by atoms with Crippen LogP contribution in [0.15, 0.2) is 31.9 Å². The Bertz CT molecular complexity index is 852. The van der Waals surface area contributed by atoms with Crippen LogP contribution in [0.2, 0.25) is 0 Å². The minimum atomic E-state index is -0.548. The van der Waals surface area contributed by atoms with Gasteiger partial charge >= 0.3 is 5.63 Å². The van der Waals surface area contributed by atoms with E-state index in [1.54, 1.807) is 6.07 Å². The highest BCUT2D eigenvalue weighted by Gasteiger charge is 2.20. The van der Waals surface area contributed by atoms with E-state index in [2.05, 4.69) is 28.2 Å². The molecule has 0 spiro atoms. The third-order valence-corrected chi connectivity index (χ3v) is 5.82. The molecule has 1 aromatic heterocycles. The molecule has 2 aromatic rings. The van der Waals surface area contributed by atoms with E-state index in [9.17, 15) is 9.59 Å². The van der Waals surface area contributed by atoms with Gasteiger partial charge < -0.3 is 9.73 Å². The minimum absolute atomic E-state index is 0.100. The second-order valence-electron chi connectivity index (χ2n) is 7.55. The molecule has 5 heteroatoms. The molecule has 0 atom stereocenters. The molecule has 0 radical (unpaired) electrons. The largest absolute Gasteiger partial charge is 0.422 e. The van der Waals surface area contributed by atoms with Crippen LogP contribution >= 0.6 is 15.9 Å². The lowest BCUT2D eigenvalue weighted by molar-refractivity contribution is 0.0924. The van der Waals surface area contributed by atoms with Crippen molar-refractivity contribution < 1.29 is 9.21 Å². The maximum absolute atomic E-state index is 12.6. The summed E-state index contributed by atoms with van der Waals surface area (Å²) < 4.78 is 6.55. The molecule has 1 aliphatic rings. The molecular weight excluding hydrogens is 406 g/mol. The van der Waals surface area contributed by atoms with E-state index in [-0.39, 0.29) is 17.5 Å². The maximum Gasteiger partial charge on any atom is 0.349 e. The average Bonchev–Trinajstić information content (AvgIpc) is 2.66. The fraction of sp³-hybridized carbons (Fsp3) is 0.545. The van der Waals surface area contributed by atoms with E-state index in [1.807, 2.05) is 12.1 Å². The van der Waals surface area contributed by atoms with Gasteiger partial charge in [0.25, 0.3) is 5.91 Å². The number of benzene rings is 1. The van der Waals surface area contributed by atoms with Crippen molar-refractivity contribution in [1.29, 1.82) is 0 Å². The van der Waals surface area contributed by atoms with Crippen LogP contribution in [0.4, 0.5) is 0 Å². The summed E-state index contributed by atoms with van der Waals surface area (Å²) in [5.41, 5.74) is 1.18. The first kappa shape index (κ1) is 20.1. The summed E-state index contributed by atoms with van der Waals surface area (Å²) in [6.45, 7) is 2.19. The van der Waals surface area contributed by atoms with E-state index in [4.69, 9.17) is 4.42 Å². The quantitative estimate of drug-likeness (QED) is 0.447. The topological polar surface area (TPSA) is 59.3 Å². The molecule has 1 N–H and O–H groups in total. The summed E-state index contributed by atoms with van der Waals surface area (Å²) in [5, 5.41) is 3.80. The van der Waals surface area contributed by atoms with Crippen LogP contribution in [0.3, 0.4) is 0 Å². The number of fused-ring (bicyclic) bond motifs is 1. The zero-order chi connectivity index (χ0) is 19.2. The Morgan fingerprint density at radius 3 is 2.67 bits per heavy atom. The van der Waals surface area contributed by atoms with Crippen LogP contribution in [0.25, 0.3) is 11.0 Å². The molecule has 0 saturated heterocycles. The minimum Gasteiger partial charge on any atom is -0.422 e.